The van der Waals surface area contributed by atoms with Crippen LogP contribution in [0.25, 0.3) is 0 Å². The summed E-state index contributed by atoms with van der Waals surface area (Å²) in [7, 11) is 0. The summed E-state index contributed by atoms with van der Waals surface area (Å²) in [6.07, 6.45) is 0. The quantitative estimate of drug-likeness (QED) is 0.862. The average Bonchev–Trinajstić information content (AvgIpc) is 2.60. The molecule has 2 aromatic rings. The van der Waals surface area contributed by atoms with Crippen molar-refractivity contribution in [1.82, 2.24) is 0 Å². The highest BCUT2D eigenvalue weighted by Gasteiger charge is 2.18. The summed E-state index contributed by atoms with van der Waals surface area (Å²) in [4.78, 5) is 0. The summed E-state index contributed by atoms with van der Waals surface area (Å²) in [5.41, 5.74) is 8.07. The minimum Gasteiger partial charge on any atom is -0.320 e. The molecular formula is C12H10Cl2FNS. The Bertz CT molecular complexity index is 553. The zero-order valence-corrected chi connectivity index (χ0v) is 11.3. The maximum absolute atomic E-state index is 13.7. The van der Waals surface area contributed by atoms with Gasteiger partial charge in [-0.1, -0.05) is 40.9 Å². The van der Waals surface area contributed by atoms with Crippen molar-refractivity contribution >= 4 is 34.5 Å². The standard InChI is InChI=1S/C12H10Cl2FNS/c1-6-2-3-9(15)7(4-6)11(16)8-5-10(13)17-12(8)14/h2-5,11H,16H2,1H3. The predicted molar refractivity (Wildman–Crippen MR) is 71.5 cm³/mol. The average molecular weight is 290 g/mol. The number of thiophene rings is 1. The highest BCUT2D eigenvalue weighted by molar-refractivity contribution is 7.20. The molecule has 1 aromatic heterocycles. The van der Waals surface area contributed by atoms with E-state index in [1.807, 2.05) is 6.92 Å². The third kappa shape index (κ3) is 2.63. The molecule has 0 saturated heterocycles. The Hall–Kier alpha value is -0.610. The van der Waals surface area contributed by atoms with Crippen LogP contribution in [0.1, 0.15) is 22.7 Å². The van der Waals surface area contributed by atoms with E-state index in [4.69, 9.17) is 28.9 Å². The van der Waals surface area contributed by atoms with E-state index >= 15 is 0 Å². The lowest BCUT2D eigenvalue weighted by molar-refractivity contribution is 0.599. The van der Waals surface area contributed by atoms with Crippen molar-refractivity contribution in [3.8, 4) is 0 Å². The number of rotatable bonds is 2. The van der Waals surface area contributed by atoms with Gasteiger partial charge in [-0.3, -0.25) is 0 Å². The Morgan fingerprint density at radius 2 is 1.94 bits per heavy atom. The number of halogens is 3. The molecule has 0 saturated carbocycles. The fourth-order valence-corrected chi connectivity index (χ4v) is 3.18. The molecular weight excluding hydrogens is 280 g/mol. The van der Waals surface area contributed by atoms with Gasteiger partial charge >= 0.3 is 0 Å². The van der Waals surface area contributed by atoms with Gasteiger partial charge in [0.1, 0.15) is 5.82 Å². The fraction of sp³-hybridized carbons (Fsp3) is 0.167. The summed E-state index contributed by atoms with van der Waals surface area (Å²) >= 11 is 13.1. The summed E-state index contributed by atoms with van der Waals surface area (Å²) in [6.45, 7) is 1.89. The van der Waals surface area contributed by atoms with Gasteiger partial charge in [0.25, 0.3) is 0 Å². The molecule has 0 aliphatic heterocycles. The number of aryl methyl sites for hydroxylation is 1. The second kappa shape index (κ2) is 4.94. The van der Waals surface area contributed by atoms with Gasteiger partial charge in [-0.05, 0) is 19.1 Å². The first-order valence-corrected chi connectivity index (χ1v) is 6.52. The lowest BCUT2D eigenvalue weighted by Crippen LogP contribution is -2.13. The molecule has 2 N–H and O–H groups in total. The molecule has 1 nitrogen and oxygen atoms in total. The molecule has 0 aliphatic rings. The molecule has 2 rings (SSSR count). The Morgan fingerprint density at radius 1 is 1.24 bits per heavy atom. The molecule has 1 heterocycles. The molecule has 0 aliphatic carbocycles. The molecule has 1 atom stereocenters. The van der Waals surface area contributed by atoms with Crippen LogP contribution < -0.4 is 5.73 Å². The Labute approximate surface area is 113 Å². The van der Waals surface area contributed by atoms with E-state index in [1.165, 1.54) is 17.4 Å². The van der Waals surface area contributed by atoms with E-state index in [0.29, 0.717) is 19.8 Å². The molecule has 1 unspecified atom stereocenters. The van der Waals surface area contributed by atoms with Crippen LogP contribution in [0.15, 0.2) is 24.3 Å². The highest BCUT2D eigenvalue weighted by Crippen LogP contribution is 2.37. The van der Waals surface area contributed by atoms with Crippen LogP contribution >= 0.6 is 34.5 Å². The van der Waals surface area contributed by atoms with Crippen molar-refractivity contribution in [1.29, 1.82) is 0 Å². The maximum Gasteiger partial charge on any atom is 0.128 e. The van der Waals surface area contributed by atoms with Crippen molar-refractivity contribution in [3.63, 3.8) is 0 Å². The van der Waals surface area contributed by atoms with Crippen LogP contribution in [0.3, 0.4) is 0 Å². The third-order valence-corrected chi connectivity index (χ3v) is 4.02. The van der Waals surface area contributed by atoms with E-state index < -0.39 is 6.04 Å². The minimum absolute atomic E-state index is 0.332. The van der Waals surface area contributed by atoms with Crippen molar-refractivity contribution in [2.45, 2.75) is 13.0 Å². The van der Waals surface area contributed by atoms with Gasteiger partial charge in [0.15, 0.2) is 0 Å². The SMILES string of the molecule is Cc1ccc(F)c(C(N)c2cc(Cl)sc2Cl)c1. The van der Waals surface area contributed by atoms with Crippen molar-refractivity contribution in [2.24, 2.45) is 5.73 Å². The van der Waals surface area contributed by atoms with Gasteiger partial charge < -0.3 is 5.73 Å². The first kappa shape index (κ1) is 12.8. The number of nitrogens with two attached hydrogens (primary N) is 1. The zero-order valence-electron chi connectivity index (χ0n) is 9.01. The Balaban J connectivity index is 2.46. The molecule has 5 heteroatoms. The molecule has 90 valence electrons. The molecule has 17 heavy (non-hydrogen) atoms. The molecule has 0 radical (unpaired) electrons. The minimum atomic E-state index is -0.592. The van der Waals surface area contributed by atoms with Crippen LogP contribution in [-0.4, -0.2) is 0 Å². The molecule has 0 amide bonds. The van der Waals surface area contributed by atoms with Gasteiger partial charge in [0.05, 0.1) is 14.7 Å². The molecule has 0 fully saturated rings. The maximum atomic E-state index is 13.7. The summed E-state index contributed by atoms with van der Waals surface area (Å²) in [5.74, 6) is -0.332. The first-order valence-electron chi connectivity index (χ1n) is 4.95. The van der Waals surface area contributed by atoms with Crippen LogP contribution in [-0.2, 0) is 0 Å². The van der Waals surface area contributed by atoms with E-state index in [9.17, 15) is 4.39 Å². The summed E-state index contributed by atoms with van der Waals surface area (Å²) in [6, 6.07) is 5.93. The van der Waals surface area contributed by atoms with Gasteiger partial charge in [-0.25, -0.2) is 4.39 Å². The first-order chi connectivity index (χ1) is 7.99. The monoisotopic (exact) mass is 289 g/mol. The van der Waals surface area contributed by atoms with E-state index in [2.05, 4.69) is 0 Å². The fourth-order valence-electron chi connectivity index (χ4n) is 1.63. The van der Waals surface area contributed by atoms with Crippen molar-refractivity contribution in [3.05, 3.63) is 55.4 Å². The predicted octanol–water partition coefficient (Wildman–Crippen LogP) is 4.55. The largest absolute Gasteiger partial charge is 0.320 e. The topological polar surface area (TPSA) is 26.0 Å². The van der Waals surface area contributed by atoms with Gasteiger partial charge in [-0.2, -0.15) is 0 Å². The van der Waals surface area contributed by atoms with E-state index in [0.717, 1.165) is 5.56 Å². The number of hydrogen-bond donors (Lipinski definition) is 1. The summed E-state index contributed by atoms with van der Waals surface area (Å²) in [5, 5.41) is 0. The second-order valence-electron chi connectivity index (χ2n) is 3.78. The normalized spacial score (nSPS) is 12.8. The number of hydrogen-bond acceptors (Lipinski definition) is 2. The molecule has 0 spiro atoms. The molecule has 0 bridgehead atoms. The number of benzene rings is 1. The van der Waals surface area contributed by atoms with E-state index in [1.54, 1.807) is 18.2 Å². The van der Waals surface area contributed by atoms with Crippen molar-refractivity contribution < 1.29 is 4.39 Å². The van der Waals surface area contributed by atoms with Crippen LogP contribution in [0.2, 0.25) is 8.67 Å². The van der Waals surface area contributed by atoms with Gasteiger partial charge in [-0.15, -0.1) is 11.3 Å². The van der Waals surface area contributed by atoms with Crippen LogP contribution in [0, 0.1) is 12.7 Å². The second-order valence-corrected chi connectivity index (χ2v) is 6.07. The van der Waals surface area contributed by atoms with Gasteiger partial charge in [0, 0.05) is 11.1 Å². The lowest BCUT2D eigenvalue weighted by Gasteiger charge is -2.13. The smallest absolute Gasteiger partial charge is 0.128 e. The Morgan fingerprint density at radius 3 is 2.53 bits per heavy atom. The van der Waals surface area contributed by atoms with E-state index in [-0.39, 0.29) is 5.82 Å². The highest BCUT2D eigenvalue weighted by atomic mass is 35.5. The lowest BCUT2D eigenvalue weighted by atomic mass is 10.00. The zero-order chi connectivity index (χ0) is 12.6. The van der Waals surface area contributed by atoms with Crippen LogP contribution in [0.5, 0.6) is 0 Å². The van der Waals surface area contributed by atoms with Crippen LogP contribution in [0.4, 0.5) is 4.39 Å². The molecule has 1 aromatic carbocycles. The van der Waals surface area contributed by atoms with Crippen molar-refractivity contribution in [2.75, 3.05) is 0 Å². The third-order valence-electron chi connectivity index (χ3n) is 2.50. The Kier molecular flexibility index (Phi) is 3.73. The summed E-state index contributed by atoms with van der Waals surface area (Å²) < 4.78 is 14.7. The van der Waals surface area contributed by atoms with Gasteiger partial charge in [0.2, 0.25) is 0 Å².